The Labute approximate surface area is 110 Å². The van der Waals surface area contributed by atoms with Crippen LogP contribution in [0.15, 0.2) is 30.3 Å². The van der Waals surface area contributed by atoms with Gasteiger partial charge in [-0.2, -0.15) is 11.8 Å². The van der Waals surface area contributed by atoms with Gasteiger partial charge < -0.3 is 0 Å². The van der Waals surface area contributed by atoms with Crippen molar-refractivity contribution in [3.8, 4) is 0 Å². The first-order valence-electron chi connectivity index (χ1n) is 7.04. The molecular weight excluding hydrogens is 224 g/mol. The second-order valence-electron chi connectivity index (χ2n) is 5.23. The van der Waals surface area contributed by atoms with Gasteiger partial charge in [-0.05, 0) is 31.2 Å². The number of rotatable bonds is 5. The van der Waals surface area contributed by atoms with Gasteiger partial charge >= 0.3 is 0 Å². The lowest BCUT2D eigenvalue weighted by Gasteiger charge is -2.24. The van der Waals surface area contributed by atoms with Crippen molar-refractivity contribution in [2.45, 2.75) is 62.4 Å². The summed E-state index contributed by atoms with van der Waals surface area (Å²) < 4.78 is 0. The fourth-order valence-corrected chi connectivity index (χ4v) is 4.13. The topological polar surface area (TPSA) is 0 Å². The zero-order chi connectivity index (χ0) is 11.9. The van der Waals surface area contributed by atoms with Crippen LogP contribution in [-0.4, -0.2) is 10.5 Å². The van der Waals surface area contributed by atoms with Crippen LogP contribution in [0.25, 0.3) is 0 Å². The predicted molar refractivity (Wildman–Crippen MR) is 78.7 cm³/mol. The highest BCUT2D eigenvalue weighted by molar-refractivity contribution is 8.00. The first kappa shape index (κ1) is 13.0. The van der Waals surface area contributed by atoms with Gasteiger partial charge in [-0.3, -0.25) is 0 Å². The number of aryl methyl sites for hydroxylation is 1. The van der Waals surface area contributed by atoms with Crippen molar-refractivity contribution < 1.29 is 0 Å². The molecule has 1 aliphatic rings. The number of hydrogen-bond acceptors (Lipinski definition) is 1. The van der Waals surface area contributed by atoms with Crippen LogP contribution < -0.4 is 0 Å². The molecule has 0 aliphatic heterocycles. The molecule has 0 bridgehead atoms. The molecule has 0 aromatic heterocycles. The van der Waals surface area contributed by atoms with E-state index in [1.54, 1.807) is 0 Å². The molecule has 0 amide bonds. The van der Waals surface area contributed by atoms with Crippen LogP contribution in [0.5, 0.6) is 0 Å². The van der Waals surface area contributed by atoms with Crippen LogP contribution in [0.4, 0.5) is 0 Å². The first-order chi connectivity index (χ1) is 8.34. The Morgan fingerprint density at radius 2 is 1.82 bits per heavy atom. The largest absolute Gasteiger partial charge is 0.155 e. The molecule has 0 radical (unpaired) electrons. The molecule has 1 aromatic rings. The third-order valence-corrected chi connectivity index (χ3v) is 5.22. The molecule has 1 fully saturated rings. The molecule has 1 aromatic carbocycles. The molecular formula is C16H24S. The van der Waals surface area contributed by atoms with E-state index in [0.717, 1.165) is 10.5 Å². The smallest absolute Gasteiger partial charge is 0.00497 e. The summed E-state index contributed by atoms with van der Waals surface area (Å²) in [5.41, 5.74) is 1.49. The highest BCUT2D eigenvalue weighted by Crippen LogP contribution is 2.32. The Kier molecular flexibility index (Phi) is 5.44. The van der Waals surface area contributed by atoms with Crippen molar-refractivity contribution in [2.75, 3.05) is 0 Å². The van der Waals surface area contributed by atoms with E-state index in [0.29, 0.717) is 0 Å². The van der Waals surface area contributed by atoms with Gasteiger partial charge in [0.25, 0.3) is 0 Å². The van der Waals surface area contributed by atoms with Crippen LogP contribution in [0, 0.1) is 0 Å². The van der Waals surface area contributed by atoms with E-state index >= 15 is 0 Å². The van der Waals surface area contributed by atoms with E-state index in [1.165, 1.54) is 50.5 Å². The van der Waals surface area contributed by atoms with Crippen molar-refractivity contribution >= 4 is 11.8 Å². The maximum absolute atomic E-state index is 2.40. The molecule has 0 N–H and O–H groups in total. The monoisotopic (exact) mass is 248 g/mol. The fraction of sp³-hybridized carbons (Fsp3) is 0.625. The summed E-state index contributed by atoms with van der Waals surface area (Å²) in [5, 5.41) is 1.77. The highest BCUT2D eigenvalue weighted by atomic mass is 32.2. The molecule has 0 saturated heterocycles. The average molecular weight is 248 g/mol. The standard InChI is InChI=1S/C16H24S/c1-14(17-16-10-6-3-7-11-16)12-13-15-8-4-2-5-9-15/h2,4-5,8-9,14,16H,3,6-7,10-13H2,1H3. The van der Waals surface area contributed by atoms with E-state index in [-0.39, 0.29) is 0 Å². The molecule has 17 heavy (non-hydrogen) atoms. The molecule has 2 rings (SSSR count). The SMILES string of the molecule is CC(CCc1ccccc1)SC1CCCCC1. The van der Waals surface area contributed by atoms with E-state index in [2.05, 4.69) is 49.0 Å². The van der Waals surface area contributed by atoms with E-state index in [4.69, 9.17) is 0 Å². The molecule has 1 unspecified atom stereocenters. The van der Waals surface area contributed by atoms with Gasteiger partial charge in [0, 0.05) is 10.5 Å². The normalized spacial score (nSPS) is 19.1. The Hall–Kier alpha value is -0.430. The van der Waals surface area contributed by atoms with Crippen molar-refractivity contribution in [1.29, 1.82) is 0 Å². The van der Waals surface area contributed by atoms with E-state index in [1.807, 2.05) is 0 Å². The van der Waals surface area contributed by atoms with Gasteiger partial charge in [0.2, 0.25) is 0 Å². The maximum Gasteiger partial charge on any atom is 0.00497 e. The van der Waals surface area contributed by atoms with Crippen molar-refractivity contribution in [3.05, 3.63) is 35.9 Å². The number of benzene rings is 1. The molecule has 94 valence electrons. The minimum absolute atomic E-state index is 0.818. The van der Waals surface area contributed by atoms with Crippen molar-refractivity contribution in [3.63, 3.8) is 0 Å². The molecule has 1 atom stereocenters. The summed E-state index contributed by atoms with van der Waals surface area (Å²) in [4.78, 5) is 0. The Balaban J connectivity index is 1.68. The summed E-state index contributed by atoms with van der Waals surface area (Å²) in [6.45, 7) is 2.40. The Morgan fingerprint density at radius 3 is 2.53 bits per heavy atom. The van der Waals surface area contributed by atoms with Gasteiger partial charge in [-0.1, -0.05) is 56.5 Å². The van der Waals surface area contributed by atoms with E-state index in [9.17, 15) is 0 Å². The van der Waals surface area contributed by atoms with Gasteiger partial charge in [0.05, 0.1) is 0 Å². The molecule has 0 heterocycles. The minimum Gasteiger partial charge on any atom is -0.155 e. The predicted octanol–water partition coefficient (Wildman–Crippen LogP) is 5.07. The molecule has 1 saturated carbocycles. The molecule has 1 aliphatic carbocycles. The van der Waals surface area contributed by atoms with Crippen molar-refractivity contribution in [2.24, 2.45) is 0 Å². The molecule has 1 heteroatoms. The summed E-state index contributed by atoms with van der Waals surface area (Å²) in [5.74, 6) is 0. The maximum atomic E-state index is 2.40. The van der Waals surface area contributed by atoms with Crippen LogP contribution in [0.1, 0.15) is 51.0 Å². The molecule has 0 nitrogen and oxygen atoms in total. The summed E-state index contributed by atoms with van der Waals surface area (Å²) in [6, 6.07) is 10.9. The lowest BCUT2D eigenvalue weighted by Crippen LogP contribution is -2.12. The summed E-state index contributed by atoms with van der Waals surface area (Å²) in [6.07, 6.45) is 9.87. The fourth-order valence-electron chi connectivity index (χ4n) is 2.61. The lowest BCUT2D eigenvalue weighted by molar-refractivity contribution is 0.514. The van der Waals surface area contributed by atoms with Crippen LogP contribution in [0.2, 0.25) is 0 Å². The zero-order valence-corrected chi connectivity index (χ0v) is 11.7. The second kappa shape index (κ2) is 7.10. The molecule has 0 spiro atoms. The minimum atomic E-state index is 0.818. The van der Waals surface area contributed by atoms with Crippen LogP contribution >= 0.6 is 11.8 Å². The van der Waals surface area contributed by atoms with Gasteiger partial charge in [0.15, 0.2) is 0 Å². The number of hydrogen-bond donors (Lipinski definition) is 0. The third-order valence-electron chi connectivity index (χ3n) is 3.66. The van der Waals surface area contributed by atoms with Gasteiger partial charge in [-0.25, -0.2) is 0 Å². The highest BCUT2D eigenvalue weighted by Gasteiger charge is 2.16. The van der Waals surface area contributed by atoms with Crippen LogP contribution in [0.3, 0.4) is 0 Å². The van der Waals surface area contributed by atoms with Gasteiger partial charge in [-0.15, -0.1) is 0 Å². The van der Waals surface area contributed by atoms with Gasteiger partial charge in [0.1, 0.15) is 0 Å². The van der Waals surface area contributed by atoms with Crippen molar-refractivity contribution in [1.82, 2.24) is 0 Å². The van der Waals surface area contributed by atoms with E-state index < -0.39 is 0 Å². The Morgan fingerprint density at radius 1 is 1.12 bits per heavy atom. The summed E-state index contributed by atoms with van der Waals surface area (Å²) >= 11 is 2.24. The Bertz CT molecular complexity index is 301. The quantitative estimate of drug-likeness (QED) is 0.700. The number of thioether (sulfide) groups is 1. The first-order valence-corrected chi connectivity index (χ1v) is 7.98. The summed E-state index contributed by atoms with van der Waals surface area (Å²) in [7, 11) is 0. The second-order valence-corrected chi connectivity index (χ2v) is 6.97. The zero-order valence-electron chi connectivity index (χ0n) is 10.9. The average Bonchev–Trinajstić information content (AvgIpc) is 2.39. The third kappa shape index (κ3) is 4.75. The van der Waals surface area contributed by atoms with Crippen LogP contribution in [-0.2, 0) is 6.42 Å². The lowest BCUT2D eigenvalue weighted by atomic mass is 10.0.